The number of hydrogen-bond donors (Lipinski definition) is 3. The monoisotopic (exact) mass is 437 g/mol. The Bertz CT molecular complexity index is 1350. The summed E-state index contributed by atoms with van der Waals surface area (Å²) in [4.78, 5) is 25.1. The number of amides is 2. The fraction of sp³-hybridized carbons (Fsp3) is 0.0741. The lowest BCUT2D eigenvalue weighted by atomic mass is 10.0. The highest BCUT2D eigenvalue weighted by Gasteiger charge is 2.15. The normalized spacial score (nSPS) is 11.2. The Morgan fingerprint density at radius 1 is 0.879 bits per heavy atom. The molecular weight excluding hydrogens is 414 g/mol. The Balaban J connectivity index is 1.47. The summed E-state index contributed by atoms with van der Waals surface area (Å²) in [6, 6.07) is 27.3. The van der Waals surface area contributed by atoms with Gasteiger partial charge in [0.25, 0.3) is 5.91 Å². The molecule has 0 aliphatic heterocycles. The zero-order valence-electron chi connectivity index (χ0n) is 18.1. The molecule has 0 radical (unpaired) electrons. The van der Waals surface area contributed by atoms with E-state index in [1.165, 1.54) is 6.07 Å². The first-order chi connectivity index (χ1) is 16.0. The van der Waals surface area contributed by atoms with Crippen LogP contribution in [0.1, 0.15) is 28.4 Å². The van der Waals surface area contributed by atoms with Crippen LogP contribution in [0.2, 0.25) is 0 Å². The van der Waals surface area contributed by atoms with E-state index in [2.05, 4.69) is 15.8 Å². The van der Waals surface area contributed by atoms with Gasteiger partial charge >= 0.3 is 0 Å². The molecule has 0 atom stereocenters. The third-order valence-corrected chi connectivity index (χ3v) is 5.23. The number of anilines is 1. The number of aromatic hydroxyl groups is 1. The lowest BCUT2D eigenvalue weighted by Gasteiger charge is -2.09. The predicted molar refractivity (Wildman–Crippen MR) is 131 cm³/mol. The minimum absolute atomic E-state index is 0.109. The molecule has 33 heavy (non-hydrogen) atoms. The Hall–Kier alpha value is -4.45. The van der Waals surface area contributed by atoms with Gasteiger partial charge in [-0.25, -0.2) is 5.43 Å². The van der Waals surface area contributed by atoms with Gasteiger partial charge in [-0.05, 0) is 47.0 Å². The molecule has 6 heteroatoms. The van der Waals surface area contributed by atoms with Crippen LogP contribution in [0, 0.1) is 0 Å². The van der Waals surface area contributed by atoms with Gasteiger partial charge in [0.05, 0.1) is 17.7 Å². The van der Waals surface area contributed by atoms with Crippen LogP contribution in [0.25, 0.3) is 10.8 Å². The van der Waals surface area contributed by atoms with Crippen LogP contribution in [-0.4, -0.2) is 22.6 Å². The standard InChI is InChI=1S/C27H23N3O3/c1-18(29-30-27(33)26-23-13-6-5-10-20(23)14-15-24(26)31)21-11-7-12-22(17-21)28-25(32)16-19-8-3-2-4-9-19/h2-15,17,31H,16H2,1H3,(H,28,32)(H,30,33)/b29-18-. The van der Waals surface area contributed by atoms with Crippen LogP contribution in [0.3, 0.4) is 0 Å². The molecule has 0 saturated heterocycles. The van der Waals surface area contributed by atoms with Crippen molar-refractivity contribution >= 4 is 34.0 Å². The molecule has 6 nitrogen and oxygen atoms in total. The predicted octanol–water partition coefficient (Wildman–Crippen LogP) is 4.88. The van der Waals surface area contributed by atoms with E-state index in [9.17, 15) is 14.7 Å². The van der Waals surface area contributed by atoms with Gasteiger partial charge in [-0.15, -0.1) is 0 Å². The Kier molecular flexibility index (Phi) is 6.45. The van der Waals surface area contributed by atoms with Crippen molar-refractivity contribution in [2.24, 2.45) is 5.10 Å². The number of hydrazone groups is 1. The zero-order valence-corrected chi connectivity index (χ0v) is 18.1. The first-order valence-electron chi connectivity index (χ1n) is 10.5. The van der Waals surface area contributed by atoms with Gasteiger partial charge in [-0.3, -0.25) is 9.59 Å². The number of hydrogen-bond acceptors (Lipinski definition) is 4. The van der Waals surface area contributed by atoms with E-state index in [1.807, 2.05) is 60.7 Å². The number of fused-ring (bicyclic) bond motifs is 1. The Morgan fingerprint density at radius 2 is 1.64 bits per heavy atom. The molecule has 2 amide bonds. The van der Waals surface area contributed by atoms with Gasteiger partial charge in [0.15, 0.2) is 0 Å². The van der Waals surface area contributed by atoms with Crippen LogP contribution >= 0.6 is 0 Å². The van der Waals surface area contributed by atoms with E-state index in [1.54, 1.807) is 31.2 Å². The number of rotatable bonds is 6. The molecule has 4 rings (SSSR count). The second-order valence-corrected chi connectivity index (χ2v) is 7.61. The average Bonchev–Trinajstić information content (AvgIpc) is 2.83. The topological polar surface area (TPSA) is 90.8 Å². The summed E-state index contributed by atoms with van der Waals surface area (Å²) < 4.78 is 0. The molecule has 164 valence electrons. The number of nitrogens with one attached hydrogen (secondary N) is 2. The number of carbonyl (C=O) groups is 2. The van der Waals surface area contributed by atoms with Gasteiger partial charge in [0, 0.05) is 5.69 Å². The Morgan fingerprint density at radius 3 is 2.45 bits per heavy atom. The van der Waals surface area contributed by atoms with E-state index >= 15 is 0 Å². The van der Waals surface area contributed by atoms with Gasteiger partial charge in [-0.1, -0.05) is 72.8 Å². The third kappa shape index (κ3) is 5.25. The van der Waals surface area contributed by atoms with Crippen molar-refractivity contribution in [2.75, 3.05) is 5.32 Å². The third-order valence-electron chi connectivity index (χ3n) is 5.23. The molecule has 0 fully saturated rings. The maximum atomic E-state index is 12.8. The van der Waals surface area contributed by atoms with E-state index in [0.717, 1.165) is 16.5 Å². The molecule has 0 unspecified atom stereocenters. The van der Waals surface area contributed by atoms with Gasteiger partial charge in [-0.2, -0.15) is 5.10 Å². The van der Waals surface area contributed by atoms with Crippen molar-refractivity contribution in [3.63, 3.8) is 0 Å². The summed E-state index contributed by atoms with van der Waals surface area (Å²) in [7, 11) is 0. The van der Waals surface area contributed by atoms with Crippen LogP contribution in [0.15, 0.2) is 96.1 Å². The summed E-state index contributed by atoms with van der Waals surface area (Å²) in [5.74, 6) is -0.731. The highest BCUT2D eigenvalue weighted by atomic mass is 16.3. The first kappa shape index (κ1) is 21.8. The average molecular weight is 437 g/mol. The van der Waals surface area contributed by atoms with Crippen LogP contribution in [0.5, 0.6) is 5.75 Å². The van der Waals surface area contributed by atoms with E-state index < -0.39 is 5.91 Å². The van der Waals surface area contributed by atoms with Gasteiger partial charge in [0.1, 0.15) is 5.75 Å². The van der Waals surface area contributed by atoms with Gasteiger partial charge < -0.3 is 10.4 Å². The number of nitrogens with zero attached hydrogens (tertiary/aromatic N) is 1. The molecule has 0 heterocycles. The zero-order chi connectivity index (χ0) is 23.2. The summed E-state index contributed by atoms with van der Waals surface area (Å²) >= 11 is 0. The largest absolute Gasteiger partial charge is 0.507 e. The van der Waals surface area contributed by atoms with Crippen molar-refractivity contribution in [3.8, 4) is 5.75 Å². The van der Waals surface area contributed by atoms with Crippen molar-refractivity contribution < 1.29 is 14.7 Å². The van der Waals surface area contributed by atoms with E-state index in [4.69, 9.17) is 0 Å². The quantitative estimate of drug-likeness (QED) is 0.297. The fourth-order valence-electron chi connectivity index (χ4n) is 3.56. The lowest BCUT2D eigenvalue weighted by molar-refractivity contribution is -0.115. The molecule has 4 aromatic carbocycles. The van der Waals surface area contributed by atoms with E-state index in [0.29, 0.717) is 16.8 Å². The van der Waals surface area contributed by atoms with Crippen molar-refractivity contribution in [2.45, 2.75) is 13.3 Å². The van der Waals surface area contributed by atoms with Crippen molar-refractivity contribution in [1.82, 2.24) is 5.43 Å². The minimum Gasteiger partial charge on any atom is -0.507 e. The SMILES string of the molecule is C/C(=N/NC(=O)c1c(O)ccc2ccccc12)c1cccc(NC(=O)Cc2ccccc2)c1. The smallest absolute Gasteiger partial charge is 0.275 e. The highest BCUT2D eigenvalue weighted by Crippen LogP contribution is 2.27. The molecule has 0 aromatic heterocycles. The molecule has 0 bridgehead atoms. The van der Waals surface area contributed by atoms with E-state index in [-0.39, 0.29) is 23.6 Å². The number of benzene rings is 4. The first-order valence-corrected chi connectivity index (χ1v) is 10.5. The minimum atomic E-state index is -0.504. The second kappa shape index (κ2) is 9.78. The molecular formula is C27H23N3O3. The van der Waals surface area contributed by atoms with Crippen LogP contribution in [0.4, 0.5) is 5.69 Å². The molecule has 0 saturated carbocycles. The summed E-state index contributed by atoms with van der Waals surface area (Å²) in [5, 5.41) is 18.8. The summed E-state index contributed by atoms with van der Waals surface area (Å²) in [6.45, 7) is 1.76. The van der Waals surface area contributed by atoms with Crippen LogP contribution < -0.4 is 10.7 Å². The van der Waals surface area contributed by atoms with Crippen molar-refractivity contribution in [1.29, 1.82) is 0 Å². The van der Waals surface area contributed by atoms with Crippen molar-refractivity contribution in [3.05, 3.63) is 108 Å². The lowest BCUT2D eigenvalue weighted by Crippen LogP contribution is -2.20. The maximum Gasteiger partial charge on any atom is 0.275 e. The summed E-state index contributed by atoms with van der Waals surface area (Å²) in [6.07, 6.45) is 0.280. The number of phenolic OH excluding ortho intramolecular Hbond substituents is 1. The highest BCUT2D eigenvalue weighted by molar-refractivity contribution is 6.10. The van der Waals surface area contributed by atoms with Crippen LogP contribution in [-0.2, 0) is 11.2 Å². The molecule has 0 spiro atoms. The molecule has 3 N–H and O–H groups in total. The molecule has 4 aromatic rings. The fourth-order valence-corrected chi connectivity index (χ4v) is 3.56. The summed E-state index contributed by atoms with van der Waals surface area (Å²) in [5.41, 5.74) is 5.57. The molecule has 0 aliphatic rings. The number of carbonyl (C=O) groups excluding carboxylic acids is 2. The second-order valence-electron chi connectivity index (χ2n) is 7.61. The maximum absolute atomic E-state index is 12.8. The number of phenols is 1. The van der Waals surface area contributed by atoms with Gasteiger partial charge in [0.2, 0.25) is 5.91 Å². The Labute approximate surface area is 191 Å². The molecule has 0 aliphatic carbocycles.